The zero-order valence-corrected chi connectivity index (χ0v) is 6.30. The number of rotatable bonds is 0. The van der Waals surface area contributed by atoms with E-state index in [2.05, 4.69) is 0 Å². The molecule has 0 N–H and O–H groups in total. The first-order valence-corrected chi connectivity index (χ1v) is 0. The number of hydrogen-bond donors (Lipinski definition) is 0. The van der Waals surface area contributed by atoms with E-state index < -0.39 is 0 Å². The Bertz CT molecular complexity index is 6.85. The van der Waals surface area contributed by atoms with Gasteiger partial charge < -0.3 is 16.4 Å². The SMILES string of the molecule is [O-2].[O-2].[O-2].[Se+2].[Zr+4]. The molecule has 0 rings (SSSR count). The summed E-state index contributed by atoms with van der Waals surface area (Å²) in [5, 5.41) is 0. The van der Waals surface area contributed by atoms with Crippen LogP contribution >= 0.6 is 0 Å². The molecule has 5 heavy (non-hydrogen) atoms. The van der Waals surface area contributed by atoms with Gasteiger partial charge in [-0.15, -0.1) is 0 Å². The first-order valence-electron chi connectivity index (χ1n) is 0. The molecular weight excluding hydrogens is 218 g/mol. The van der Waals surface area contributed by atoms with E-state index in [1.807, 2.05) is 0 Å². The monoisotopic (exact) mass is 218 g/mol. The molecule has 0 aliphatic heterocycles. The second kappa shape index (κ2) is 58.9. The van der Waals surface area contributed by atoms with E-state index in [1.165, 1.54) is 0 Å². The van der Waals surface area contributed by atoms with Gasteiger partial charge in [0.25, 0.3) is 0 Å². The molecule has 0 aromatic carbocycles. The van der Waals surface area contributed by atoms with E-state index in [0.29, 0.717) is 0 Å². The van der Waals surface area contributed by atoms with Crippen molar-refractivity contribution in [1.29, 1.82) is 0 Å². The zero-order chi connectivity index (χ0) is 0. The third-order valence-electron chi connectivity index (χ3n) is 0. The summed E-state index contributed by atoms with van der Waals surface area (Å²) in [6, 6.07) is 0. The Morgan fingerprint density at radius 3 is 0.600 bits per heavy atom. The molecular formula is O3SeZr. The van der Waals surface area contributed by atoms with Gasteiger partial charge in [-0.2, -0.15) is 0 Å². The molecule has 0 unspecified atom stereocenters. The summed E-state index contributed by atoms with van der Waals surface area (Å²) in [5.74, 6) is 0. The van der Waals surface area contributed by atoms with Crippen LogP contribution in [0.4, 0.5) is 0 Å². The van der Waals surface area contributed by atoms with Crippen LogP contribution in [-0.2, 0) is 42.6 Å². The van der Waals surface area contributed by atoms with Crippen LogP contribution in [0, 0.1) is 0 Å². The average molecular weight is 218 g/mol. The second-order valence-electron chi connectivity index (χ2n) is 0. The molecule has 0 aromatic rings. The summed E-state index contributed by atoms with van der Waals surface area (Å²) in [6.45, 7) is 0. The van der Waals surface area contributed by atoms with E-state index in [4.69, 9.17) is 0 Å². The first kappa shape index (κ1) is 107. The van der Waals surface area contributed by atoms with Gasteiger partial charge in [-0.3, -0.25) is 0 Å². The van der Waals surface area contributed by atoms with Crippen molar-refractivity contribution >= 4 is 17.1 Å². The molecule has 0 aliphatic carbocycles. The minimum Gasteiger partial charge on any atom is -2.00 e. The van der Waals surface area contributed by atoms with E-state index in [0.717, 1.165) is 0 Å². The van der Waals surface area contributed by atoms with Crippen molar-refractivity contribution < 1.29 is 42.6 Å². The van der Waals surface area contributed by atoms with Gasteiger partial charge in [-0.1, -0.05) is 0 Å². The maximum Gasteiger partial charge on any atom is 4.00 e. The van der Waals surface area contributed by atoms with Gasteiger partial charge >= 0.3 is 43.3 Å². The summed E-state index contributed by atoms with van der Waals surface area (Å²) in [4.78, 5) is 0. The molecule has 0 aromatic heterocycles. The second-order valence-corrected chi connectivity index (χ2v) is 0. The van der Waals surface area contributed by atoms with Gasteiger partial charge in [0.15, 0.2) is 0 Å². The smallest absolute Gasteiger partial charge is 2.00 e. The molecule has 0 heterocycles. The van der Waals surface area contributed by atoms with Crippen molar-refractivity contribution in [2.75, 3.05) is 0 Å². The molecule has 0 amide bonds. The predicted molar refractivity (Wildman–Crippen MR) is 7.81 cm³/mol. The van der Waals surface area contributed by atoms with Gasteiger partial charge in [0.05, 0.1) is 0 Å². The van der Waals surface area contributed by atoms with Crippen LogP contribution < -0.4 is 0 Å². The molecule has 0 spiro atoms. The summed E-state index contributed by atoms with van der Waals surface area (Å²) >= 11 is 0. The maximum atomic E-state index is 0. The molecule has 0 fully saturated rings. The fraction of sp³-hybridized carbons (Fsp3) is 0. The van der Waals surface area contributed by atoms with Gasteiger partial charge in [-0.05, 0) is 0 Å². The van der Waals surface area contributed by atoms with Crippen molar-refractivity contribution in [2.24, 2.45) is 0 Å². The Kier molecular flexibility index (Phi) is 1260. The number of hydrogen-bond acceptors (Lipinski definition) is 0. The Balaban J connectivity index is 0. The molecule has 0 atom stereocenters. The van der Waals surface area contributed by atoms with Crippen LogP contribution in [-0.4, -0.2) is 17.1 Å². The van der Waals surface area contributed by atoms with Crippen LogP contribution in [0.5, 0.6) is 0 Å². The van der Waals surface area contributed by atoms with E-state index in [9.17, 15) is 0 Å². The largest absolute Gasteiger partial charge is 4.00 e. The van der Waals surface area contributed by atoms with Crippen molar-refractivity contribution in [3.8, 4) is 0 Å². The standard InChI is InChI=1S/3O.Se.Zr/q3*-2;+2;+4. The summed E-state index contributed by atoms with van der Waals surface area (Å²) in [6.07, 6.45) is 0. The van der Waals surface area contributed by atoms with Gasteiger partial charge in [0.2, 0.25) is 0 Å². The van der Waals surface area contributed by atoms with Crippen LogP contribution in [0.15, 0.2) is 0 Å². The van der Waals surface area contributed by atoms with E-state index >= 15 is 0 Å². The minimum absolute atomic E-state index is 0. The van der Waals surface area contributed by atoms with Crippen LogP contribution in [0.2, 0.25) is 0 Å². The topological polar surface area (TPSA) is 85.5 Å². The Labute approximate surface area is 59.7 Å². The normalized spacial score (nSPS) is 0. The zero-order valence-electron chi connectivity index (χ0n) is 2.13. The van der Waals surface area contributed by atoms with Crippen molar-refractivity contribution in [2.45, 2.75) is 0 Å². The van der Waals surface area contributed by atoms with Crippen LogP contribution in [0.1, 0.15) is 0 Å². The Morgan fingerprint density at radius 1 is 0.600 bits per heavy atom. The summed E-state index contributed by atoms with van der Waals surface area (Å²) in [5.41, 5.74) is 0. The van der Waals surface area contributed by atoms with E-state index in [1.54, 1.807) is 0 Å². The summed E-state index contributed by atoms with van der Waals surface area (Å²) < 4.78 is 0. The van der Waals surface area contributed by atoms with Crippen LogP contribution in [0.25, 0.3) is 0 Å². The van der Waals surface area contributed by atoms with Gasteiger partial charge in [-0.25, -0.2) is 0 Å². The quantitative estimate of drug-likeness (QED) is 0.479. The van der Waals surface area contributed by atoms with Gasteiger partial charge in [0, 0.05) is 0 Å². The Morgan fingerprint density at radius 2 is 0.600 bits per heavy atom. The molecule has 3 nitrogen and oxygen atoms in total. The third kappa shape index (κ3) is 34.6. The van der Waals surface area contributed by atoms with Crippen molar-refractivity contribution in [3.63, 3.8) is 0 Å². The molecule has 4 radical (unpaired) electrons. The predicted octanol–water partition coefficient (Wildman–Crippen LogP) is -0.740. The van der Waals surface area contributed by atoms with Crippen LogP contribution in [0.3, 0.4) is 0 Å². The Hall–Kier alpha value is 1.28. The first-order chi connectivity index (χ1) is 0. The van der Waals surface area contributed by atoms with E-state index in [-0.39, 0.29) is 59.7 Å². The minimum atomic E-state index is 0. The average Bonchev–Trinajstić information content (AvgIpc) is 0. The fourth-order valence-electron chi connectivity index (χ4n) is 0. The molecule has 0 bridgehead atoms. The fourth-order valence-corrected chi connectivity index (χ4v) is 0. The maximum absolute atomic E-state index is 0. The van der Waals surface area contributed by atoms with Gasteiger partial charge in [0.1, 0.15) is 0 Å². The molecule has 0 saturated heterocycles. The molecule has 0 aliphatic rings. The molecule has 5 heteroatoms. The molecule has 28 valence electrons. The summed E-state index contributed by atoms with van der Waals surface area (Å²) in [7, 11) is 0. The van der Waals surface area contributed by atoms with Crippen molar-refractivity contribution in [3.05, 3.63) is 0 Å². The molecule has 0 saturated carbocycles. The van der Waals surface area contributed by atoms with Crippen molar-refractivity contribution in [1.82, 2.24) is 0 Å². The third-order valence-corrected chi connectivity index (χ3v) is 0.